The predicted octanol–water partition coefficient (Wildman–Crippen LogP) is 6.40. The van der Waals surface area contributed by atoms with Crippen molar-refractivity contribution in [1.29, 1.82) is 0 Å². The zero-order chi connectivity index (χ0) is 28.0. The number of benzene rings is 3. The van der Waals surface area contributed by atoms with E-state index in [0.717, 1.165) is 17.7 Å². The number of nitrogens with one attached hydrogen (secondary N) is 1. The third-order valence-electron chi connectivity index (χ3n) is 6.14. The molecule has 0 fully saturated rings. The van der Waals surface area contributed by atoms with Gasteiger partial charge in [0.2, 0.25) is 0 Å². The highest BCUT2D eigenvalue weighted by atomic mass is 32.2. The summed E-state index contributed by atoms with van der Waals surface area (Å²) in [6.07, 6.45) is 7.84. The maximum atomic E-state index is 12.5. The molecule has 3 aromatic carbocycles. The van der Waals surface area contributed by atoms with E-state index in [-0.39, 0.29) is 6.42 Å². The number of carbonyl (C=O) groups excluding carboxylic acids is 2. The van der Waals surface area contributed by atoms with Gasteiger partial charge >= 0.3 is 11.9 Å². The molecule has 0 radical (unpaired) electrons. The molecule has 0 heterocycles. The number of rotatable bonds is 15. The maximum Gasteiger partial charge on any atom is 0.343 e. The zero-order valence-electron chi connectivity index (χ0n) is 22.4. The Balaban J connectivity index is 1.50. The lowest BCUT2D eigenvalue weighted by atomic mass is 10.1. The number of unbranched alkanes of at least 4 members (excludes halogenated alkanes) is 4. The summed E-state index contributed by atoms with van der Waals surface area (Å²) in [5.74, 6) is -1.05. The van der Waals surface area contributed by atoms with Crippen molar-refractivity contribution >= 4 is 29.6 Å². The molecule has 0 unspecified atom stereocenters. The Morgan fingerprint density at radius 3 is 2.05 bits per heavy atom. The second-order valence-electron chi connectivity index (χ2n) is 9.12. The molecule has 0 aliphatic heterocycles. The molecule has 0 aliphatic carbocycles. The van der Waals surface area contributed by atoms with E-state index in [1.165, 1.54) is 19.3 Å². The van der Waals surface area contributed by atoms with Gasteiger partial charge in [-0.2, -0.15) is 0 Å². The largest absolute Gasteiger partial charge is 0.494 e. The van der Waals surface area contributed by atoms with Crippen molar-refractivity contribution in [1.82, 2.24) is 5.32 Å². The van der Waals surface area contributed by atoms with Gasteiger partial charge in [0.15, 0.2) is 0 Å². The van der Waals surface area contributed by atoms with Crippen LogP contribution in [-0.4, -0.2) is 41.9 Å². The van der Waals surface area contributed by atoms with Crippen LogP contribution >= 0.6 is 11.8 Å². The molecule has 206 valence electrons. The molecule has 0 aromatic heterocycles. The van der Waals surface area contributed by atoms with E-state index < -0.39 is 23.9 Å². The van der Waals surface area contributed by atoms with E-state index >= 15 is 0 Å². The Bertz CT molecular complexity index is 1210. The van der Waals surface area contributed by atoms with Crippen molar-refractivity contribution in [3.63, 3.8) is 0 Å². The number of hydrogen-bond donors (Lipinski definition) is 2. The SMILES string of the molecule is CCCCCCCOc1ccc(C(=O)Oc2ccc(C[C@H](NC(=O)c3ccc(SC)cc3)C(=O)O)cc2)cc1. The number of ether oxygens (including phenoxy) is 2. The second kappa shape index (κ2) is 15.6. The average molecular weight is 550 g/mol. The van der Waals surface area contributed by atoms with Crippen LogP contribution in [0.1, 0.15) is 65.3 Å². The van der Waals surface area contributed by atoms with E-state index in [4.69, 9.17) is 9.47 Å². The van der Waals surface area contributed by atoms with Crippen LogP contribution in [0.4, 0.5) is 0 Å². The fourth-order valence-electron chi connectivity index (χ4n) is 3.86. The monoisotopic (exact) mass is 549 g/mol. The molecule has 1 amide bonds. The topological polar surface area (TPSA) is 102 Å². The Labute approximate surface area is 233 Å². The first-order chi connectivity index (χ1) is 18.9. The van der Waals surface area contributed by atoms with Gasteiger partial charge < -0.3 is 19.9 Å². The summed E-state index contributed by atoms with van der Waals surface area (Å²) in [6.45, 7) is 2.84. The van der Waals surface area contributed by atoms with Crippen molar-refractivity contribution in [3.8, 4) is 11.5 Å². The van der Waals surface area contributed by atoms with Crippen LogP contribution in [0.2, 0.25) is 0 Å². The molecule has 3 aromatic rings. The van der Waals surface area contributed by atoms with E-state index in [2.05, 4.69) is 12.2 Å². The van der Waals surface area contributed by atoms with Crippen LogP contribution in [0.25, 0.3) is 0 Å². The van der Waals surface area contributed by atoms with Crippen LogP contribution in [0.15, 0.2) is 77.7 Å². The second-order valence-corrected chi connectivity index (χ2v) is 10.00. The van der Waals surface area contributed by atoms with E-state index in [9.17, 15) is 19.5 Å². The number of thioether (sulfide) groups is 1. The molecule has 3 rings (SSSR count). The molecule has 39 heavy (non-hydrogen) atoms. The van der Waals surface area contributed by atoms with E-state index in [0.29, 0.717) is 34.8 Å². The highest BCUT2D eigenvalue weighted by Gasteiger charge is 2.21. The lowest BCUT2D eigenvalue weighted by Gasteiger charge is -2.15. The normalized spacial score (nSPS) is 11.4. The molecule has 0 aliphatic rings. The van der Waals surface area contributed by atoms with Gasteiger partial charge in [-0.25, -0.2) is 9.59 Å². The number of aliphatic carboxylic acids is 1. The van der Waals surface area contributed by atoms with Crippen molar-refractivity contribution in [2.24, 2.45) is 0 Å². The van der Waals surface area contributed by atoms with Gasteiger partial charge in [0.1, 0.15) is 17.5 Å². The van der Waals surface area contributed by atoms with Crippen LogP contribution in [0.3, 0.4) is 0 Å². The Morgan fingerprint density at radius 1 is 0.821 bits per heavy atom. The van der Waals surface area contributed by atoms with Crippen molar-refractivity contribution in [3.05, 3.63) is 89.5 Å². The van der Waals surface area contributed by atoms with Gasteiger partial charge in [-0.1, -0.05) is 44.7 Å². The molecule has 2 N–H and O–H groups in total. The van der Waals surface area contributed by atoms with Crippen LogP contribution in [-0.2, 0) is 11.2 Å². The van der Waals surface area contributed by atoms with Gasteiger partial charge in [0.05, 0.1) is 12.2 Å². The highest BCUT2D eigenvalue weighted by Crippen LogP contribution is 2.19. The van der Waals surface area contributed by atoms with Gasteiger partial charge in [0, 0.05) is 16.9 Å². The lowest BCUT2D eigenvalue weighted by molar-refractivity contribution is -0.139. The first kappa shape index (κ1) is 29.8. The molecule has 7 nitrogen and oxygen atoms in total. The van der Waals surface area contributed by atoms with E-state index in [1.54, 1.807) is 72.4 Å². The number of amides is 1. The lowest BCUT2D eigenvalue weighted by Crippen LogP contribution is -2.42. The highest BCUT2D eigenvalue weighted by molar-refractivity contribution is 7.98. The first-order valence-corrected chi connectivity index (χ1v) is 14.3. The van der Waals surface area contributed by atoms with Crippen molar-refractivity contribution in [2.75, 3.05) is 12.9 Å². The summed E-state index contributed by atoms with van der Waals surface area (Å²) < 4.78 is 11.2. The third kappa shape index (κ3) is 9.80. The van der Waals surface area contributed by atoms with Gasteiger partial charge in [-0.15, -0.1) is 11.8 Å². The number of carboxylic acid groups (broad SMARTS) is 1. The fourth-order valence-corrected chi connectivity index (χ4v) is 4.27. The quantitative estimate of drug-likeness (QED) is 0.0978. The molecule has 0 saturated heterocycles. The summed E-state index contributed by atoms with van der Waals surface area (Å²) in [4.78, 5) is 37.9. The molecule has 0 spiro atoms. The van der Waals surface area contributed by atoms with Crippen molar-refractivity contribution < 1.29 is 29.0 Å². The standard InChI is InChI=1S/C31H35NO6S/c1-3-4-5-6-7-20-37-25-16-10-24(11-17-25)31(36)38-26-14-8-22(9-15-26)21-28(30(34)35)32-29(33)23-12-18-27(39-2)19-13-23/h8-19,28H,3-7,20-21H2,1-2H3,(H,32,33)(H,34,35)/t28-/m0/s1. The van der Waals surface area contributed by atoms with E-state index in [1.807, 2.05) is 18.4 Å². The fraction of sp³-hybridized carbons (Fsp3) is 0.323. The summed E-state index contributed by atoms with van der Waals surface area (Å²) >= 11 is 1.56. The summed E-state index contributed by atoms with van der Waals surface area (Å²) in [5.41, 5.74) is 1.47. The Hall–Kier alpha value is -3.78. The van der Waals surface area contributed by atoms with Crippen LogP contribution < -0.4 is 14.8 Å². The molecular formula is C31H35NO6S. The molecule has 8 heteroatoms. The Kier molecular flexibility index (Phi) is 11.9. The van der Waals surface area contributed by atoms with Crippen LogP contribution in [0, 0.1) is 0 Å². The molecule has 0 bridgehead atoms. The predicted molar refractivity (Wildman–Crippen MR) is 153 cm³/mol. The minimum absolute atomic E-state index is 0.0816. The zero-order valence-corrected chi connectivity index (χ0v) is 23.2. The number of esters is 1. The molecule has 0 saturated carbocycles. The molecular weight excluding hydrogens is 514 g/mol. The summed E-state index contributed by atoms with van der Waals surface area (Å²) in [5, 5.41) is 12.2. The maximum absolute atomic E-state index is 12.5. The van der Waals surface area contributed by atoms with Crippen LogP contribution in [0.5, 0.6) is 11.5 Å². The van der Waals surface area contributed by atoms with Gasteiger partial charge in [-0.05, 0) is 78.9 Å². The minimum Gasteiger partial charge on any atom is -0.494 e. The summed E-state index contributed by atoms with van der Waals surface area (Å²) in [7, 11) is 0. The average Bonchev–Trinajstić information content (AvgIpc) is 2.95. The third-order valence-corrected chi connectivity index (χ3v) is 6.88. The van der Waals surface area contributed by atoms with Crippen molar-refractivity contribution in [2.45, 2.75) is 56.4 Å². The number of carboxylic acids is 1. The number of hydrogen-bond acceptors (Lipinski definition) is 6. The molecule has 1 atom stereocenters. The number of carbonyl (C=O) groups is 3. The van der Waals surface area contributed by atoms with Gasteiger partial charge in [-0.3, -0.25) is 4.79 Å². The Morgan fingerprint density at radius 2 is 1.44 bits per heavy atom. The summed E-state index contributed by atoms with van der Waals surface area (Å²) in [6, 6.07) is 19.2. The van der Waals surface area contributed by atoms with Gasteiger partial charge in [0.25, 0.3) is 5.91 Å². The smallest absolute Gasteiger partial charge is 0.343 e. The first-order valence-electron chi connectivity index (χ1n) is 13.1. The minimum atomic E-state index is -1.14.